The van der Waals surface area contributed by atoms with Crippen LogP contribution in [0.5, 0.6) is 0 Å². The van der Waals surface area contributed by atoms with Gasteiger partial charge in [-0.2, -0.15) is 0 Å². The lowest BCUT2D eigenvalue weighted by Gasteiger charge is -2.53. The third-order valence-electron chi connectivity index (χ3n) is 9.47. The van der Waals surface area contributed by atoms with E-state index in [0.717, 1.165) is 50.4 Å². The second-order valence-electron chi connectivity index (χ2n) is 11.3. The molecule has 0 bridgehead atoms. The molecule has 0 spiro atoms. The van der Waals surface area contributed by atoms with E-state index in [1.165, 1.54) is 63.4 Å². The molecule has 4 aliphatic rings. The van der Waals surface area contributed by atoms with Gasteiger partial charge in [0.1, 0.15) is 6.10 Å². The van der Waals surface area contributed by atoms with Gasteiger partial charge >= 0.3 is 5.97 Å². The first-order chi connectivity index (χ1) is 15.0. The fourth-order valence-corrected chi connectivity index (χ4v) is 7.77. The summed E-state index contributed by atoms with van der Waals surface area (Å²) in [5, 5.41) is 0. The standard InChI is InChI=1S/C28H44O3/c1-3-4-5-6-7-8-9-10-27(30)31-26-16-15-25-24-13-11-20-19-21(29)12-14-22(20)23(24)17-18-28(25,26)2/h19,22-26H,3-18H2,1-2H3/t22-,23+,24+,25-,26-,28-/m0/s1. The van der Waals surface area contributed by atoms with Gasteiger partial charge in [0.05, 0.1) is 0 Å². The van der Waals surface area contributed by atoms with Gasteiger partial charge in [-0.25, -0.2) is 0 Å². The minimum absolute atomic E-state index is 0.0437. The molecule has 174 valence electrons. The van der Waals surface area contributed by atoms with Gasteiger partial charge in [0, 0.05) is 18.3 Å². The highest BCUT2D eigenvalue weighted by molar-refractivity contribution is 5.91. The van der Waals surface area contributed by atoms with Gasteiger partial charge < -0.3 is 4.74 Å². The van der Waals surface area contributed by atoms with E-state index in [2.05, 4.69) is 13.8 Å². The van der Waals surface area contributed by atoms with Crippen LogP contribution in [0.3, 0.4) is 0 Å². The zero-order chi connectivity index (χ0) is 21.8. The molecule has 0 aromatic heterocycles. The maximum atomic E-state index is 12.6. The minimum Gasteiger partial charge on any atom is -0.462 e. The highest BCUT2D eigenvalue weighted by Crippen LogP contribution is 2.62. The summed E-state index contributed by atoms with van der Waals surface area (Å²) in [5.74, 6) is 3.26. The summed E-state index contributed by atoms with van der Waals surface area (Å²) in [7, 11) is 0. The average molecular weight is 429 g/mol. The largest absolute Gasteiger partial charge is 0.462 e. The van der Waals surface area contributed by atoms with Crippen molar-refractivity contribution >= 4 is 11.8 Å². The molecule has 0 unspecified atom stereocenters. The van der Waals surface area contributed by atoms with Crippen LogP contribution in [0.25, 0.3) is 0 Å². The Labute approximate surface area is 189 Å². The predicted octanol–water partition coefficient (Wildman–Crippen LogP) is 7.18. The van der Waals surface area contributed by atoms with Gasteiger partial charge in [-0.1, -0.05) is 57.9 Å². The molecule has 0 radical (unpaired) electrons. The molecule has 3 saturated carbocycles. The molecule has 31 heavy (non-hydrogen) atoms. The van der Waals surface area contributed by atoms with Crippen LogP contribution in [0.4, 0.5) is 0 Å². The third-order valence-corrected chi connectivity index (χ3v) is 9.47. The van der Waals surface area contributed by atoms with E-state index in [9.17, 15) is 9.59 Å². The molecule has 0 aliphatic heterocycles. The van der Waals surface area contributed by atoms with E-state index < -0.39 is 0 Å². The summed E-state index contributed by atoms with van der Waals surface area (Å²) in [4.78, 5) is 24.5. The van der Waals surface area contributed by atoms with Gasteiger partial charge in [0.2, 0.25) is 0 Å². The number of hydrogen-bond donors (Lipinski definition) is 0. The molecule has 0 amide bonds. The summed E-state index contributed by atoms with van der Waals surface area (Å²) in [6.07, 6.45) is 20.3. The Morgan fingerprint density at radius 3 is 2.55 bits per heavy atom. The highest BCUT2D eigenvalue weighted by Gasteiger charge is 2.57. The zero-order valence-electron chi connectivity index (χ0n) is 20.0. The molecule has 4 rings (SSSR count). The van der Waals surface area contributed by atoms with Crippen LogP contribution in [-0.2, 0) is 14.3 Å². The number of allylic oxidation sites excluding steroid dienone is 1. The maximum absolute atomic E-state index is 12.6. The molecule has 3 nitrogen and oxygen atoms in total. The first kappa shape index (κ1) is 23.1. The van der Waals surface area contributed by atoms with Crippen molar-refractivity contribution in [2.24, 2.45) is 29.1 Å². The Morgan fingerprint density at radius 2 is 1.74 bits per heavy atom. The van der Waals surface area contributed by atoms with E-state index in [1.807, 2.05) is 6.08 Å². The van der Waals surface area contributed by atoms with Crippen LogP contribution < -0.4 is 0 Å². The lowest BCUT2D eigenvalue weighted by Crippen LogP contribution is -2.48. The molecule has 6 atom stereocenters. The predicted molar refractivity (Wildman–Crippen MR) is 125 cm³/mol. The van der Waals surface area contributed by atoms with Crippen LogP contribution in [0.1, 0.15) is 117 Å². The second-order valence-corrected chi connectivity index (χ2v) is 11.3. The zero-order valence-corrected chi connectivity index (χ0v) is 20.0. The van der Waals surface area contributed by atoms with Crippen LogP contribution in [0.15, 0.2) is 11.6 Å². The molecule has 3 heteroatoms. The average Bonchev–Trinajstić information content (AvgIpc) is 3.09. The highest BCUT2D eigenvalue weighted by atomic mass is 16.5. The van der Waals surface area contributed by atoms with Crippen LogP contribution in [-0.4, -0.2) is 17.9 Å². The van der Waals surface area contributed by atoms with Crippen molar-refractivity contribution < 1.29 is 14.3 Å². The Bertz CT molecular complexity index is 680. The number of unbranched alkanes of at least 4 members (excludes halogenated alkanes) is 6. The van der Waals surface area contributed by atoms with Crippen molar-refractivity contribution in [3.8, 4) is 0 Å². The molecule has 0 aromatic carbocycles. The van der Waals surface area contributed by atoms with E-state index in [1.54, 1.807) is 0 Å². The van der Waals surface area contributed by atoms with Crippen molar-refractivity contribution in [2.75, 3.05) is 0 Å². The number of fused-ring (bicyclic) bond motifs is 5. The number of rotatable bonds is 9. The van der Waals surface area contributed by atoms with Crippen molar-refractivity contribution in [2.45, 2.75) is 123 Å². The lowest BCUT2D eigenvalue weighted by atomic mass is 9.52. The molecule has 4 aliphatic carbocycles. The Hall–Kier alpha value is -1.12. The van der Waals surface area contributed by atoms with Crippen molar-refractivity contribution in [1.29, 1.82) is 0 Å². The molecular formula is C28H44O3. The first-order valence-electron chi connectivity index (χ1n) is 13.5. The summed E-state index contributed by atoms with van der Waals surface area (Å²) < 4.78 is 6.13. The van der Waals surface area contributed by atoms with Gasteiger partial charge in [-0.3, -0.25) is 9.59 Å². The van der Waals surface area contributed by atoms with Gasteiger partial charge in [-0.15, -0.1) is 0 Å². The maximum Gasteiger partial charge on any atom is 0.306 e. The topological polar surface area (TPSA) is 43.4 Å². The number of ether oxygens (including phenoxy) is 1. The summed E-state index contributed by atoms with van der Waals surface area (Å²) in [6.45, 7) is 4.67. The molecule has 0 saturated heterocycles. The van der Waals surface area contributed by atoms with Crippen molar-refractivity contribution in [3.05, 3.63) is 11.6 Å². The van der Waals surface area contributed by atoms with Crippen LogP contribution in [0, 0.1) is 29.1 Å². The number of carbonyl (C=O) groups is 2. The summed E-state index contributed by atoms with van der Waals surface area (Å²) in [5.41, 5.74) is 1.62. The van der Waals surface area contributed by atoms with Gasteiger partial charge in [0.25, 0.3) is 0 Å². The quantitative estimate of drug-likeness (QED) is 0.288. The third kappa shape index (κ3) is 4.96. The Balaban J connectivity index is 1.27. The van der Waals surface area contributed by atoms with Crippen molar-refractivity contribution in [3.63, 3.8) is 0 Å². The first-order valence-corrected chi connectivity index (χ1v) is 13.5. The SMILES string of the molecule is CCCCCCCCCC(=O)O[C@H]1CC[C@H]2[C@@H]3CCC4=CC(=O)CC[C@@H]4[C@H]3CC[C@]12C. The van der Waals surface area contributed by atoms with E-state index in [4.69, 9.17) is 4.74 Å². The molecule has 0 heterocycles. The fraction of sp³-hybridized carbons (Fsp3) is 0.857. The fourth-order valence-electron chi connectivity index (χ4n) is 7.77. The summed E-state index contributed by atoms with van der Waals surface area (Å²) in [6, 6.07) is 0. The number of carbonyl (C=O) groups excluding carboxylic acids is 2. The van der Waals surface area contributed by atoms with E-state index in [0.29, 0.717) is 24.0 Å². The second kappa shape index (κ2) is 10.2. The van der Waals surface area contributed by atoms with E-state index >= 15 is 0 Å². The normalized spacial score (nSPS) is 36.9. The smallest absolute Gasteiger partial charge is 0.306 e. The van der Waals surface area contributed by atoms with Crippen LogP contribution in [0.2, 0.25) is 0 Å². The minimum atomic E-state index is 0.0437. The molecule has 0 N–H and O–H groups in total. The number of hydrogen-bond acceptors (Lipinski definition) is 3. The van der Waals surface area contributed by atoms with Gasteiger partial charge in [0.15, 0.2) is 5.78 Å². The number of esters is 1. The number of ketones is 1. The van der Waals surface area contributed by atoms with Crippen LogP contribution >= 0.6 is 0 Å². The van der Waals surface area contributed by atoms with E-state index in [-0.39, 0.29) is 17.5 Å². The lowest BCUT2D eigenvalue weighted by molar-refractivity contribution is -0.159. The van der Waals surface area contributed by atoms with Gasteiger partial charge in [-0.05, 0) is 81.1 Å². The Kier molecular flexibility index (Phi) is 7.60. The molecule has 0 aromatic rings. The summed E-state index contributed by atoms with van der Waals surface area (Å²) >= 11 is 0. The monoisotopic (exact) mass is 428 g/mol. The molecular weight excluding hydrogens is 384 g/mol. The van der Waals surface area contributed by atoms with Crippen molar-refractivity contribution in [1.82, 2.24) is 0 Å². The molecule has 3 fully saturated rings. The Morgan fingerprint density at radius 1 is 0.968 bits per heavy atom.